The van der Waals surface area contributed by atoms with E-state index in [0.717, 1.165) is 6.42 Å². The minimum absolute atomic E-state index is 0.0675. The molecular weight excluding hydrogens is 222 g/mol. The van der Waals surface area contributed by atoms with Crippen molar-refractivity contribution < 1.29 is 10.0 Å². The molecular formula is C10H13N5O2. The molecule has 1 saturated heterocycles. The van der Waals surface area contributed by atoms with Crippen molar-refractivity contribution in [3.63, 3.8) is 0 Å². The highest BCUT2D eigenvalue weighted by Crippen LogP contribution is 2.19. The molecule has 0 bridgehead atoms. The molecule has 1 fully saturated rings. The highest BCUT2D eigenvalue weighted by molar-refractivity contribution is 5.98. The van der Waals surface area contributed by atoms with Gasteiger partial charge in [0.05, 0.1) is 24.0 Å². The first-order chi connectivity index (χ1) is 8.24. The van der Waals surface area contributed by atoms with Gasteiger partial charge in [0.15, 0.2) is 5.84 Å². The van der Waals surface area contributed by atoms with Gasteiger partial charge in [-0.25, -0.2) is 0 Å². The van der Waals surface area contributed by atoms with Crippen molar-refractivity contribution >= 4 is 11.7 Å². The van der Waals surface area contributed by atoms with Crippen LogP contribution in [-0.2, 0) is 0 Å². The van der Waals surface area contributed by atoms with E-state index >= 15 is 0 Å². The summed E-state index contributed by atoms with van der Waals surface area (Å²) in [7, 11) is 0. The Hall–Kier alpha value is -2.18. The fourth-order valence-electron chi connectivity index (χ4n) is 1.97. The molecule has 1 atom stereocenters. The Kier molecular flexibility index (Phi) is 3.17. The molecule has 3 N–H and O–H groups in total. The fraction of sp³-hybridized carbons (Fsp3) is 0.400. The summed E-state index contributed by atoms with van der Waals surface area (Å²) in [4.78, 5) is 13.7. The Morgan fingerprint density at radius 3 is 3.06 bits per heavy atom. The smallest absolute Gasteiger partial charge is 0.256 e. The normalized spacial score (nSPS) is 20.6. The summed E-state index contributed by atoms with van der Waals surface area (Å²) in [6.07, 6.45) is 4.41. The minimum Gasteiger partial charge on any atom is -0.409 e. The van der Waals surface area contributed by atoms with Gasteiger partial charge in [-0.2, -0.15) is 10.2 Å². The SMILES string of the molecule is N/C(=N/O)C1CCCN1C(=O)c1ccnnc1. The maximum atomic E-state index is 12.1. The molecule has 90 valence electrons. The second kappa shape index (κ2) is 4.77. The quantitative estimate of drug-likeness (QED) is 0.320. The van der Waals surface area contributed by atoms with Crippen molar-refractivity contribution in [3.05, 3.63) is 24.0 Å². The molecule has 17 heavy (non-hydrogen) atoms. The van der Waals surface area contributed by atoms with Crippen molar-refractivity contribution in [2.45, 2.75) is 18.9 Å². The van der Waals surface area contributed by atoms with Crippen LogP contribution in [0.3, 0.4) is 0 Å². The number of amides is 1. The molecule has 2 heterocycles. The molecule has 1 aliphatic rings. The molecule has 0 spiro atoms. The number of carbonyl (C=O) groups excluding carboxylic acids is 1. The molecule has 0 aliphatic carbocycles. The highest BCUT2D eigenvalue weighted by Gasteiger charge is 2.32. The van der Waals surface area contributed by atoms with Crippen LogP contribution < -0.4 is 5.73 Å². The number of nitrogens with zero attached hydrogens (tertiary/aromatic N) is 4. The Balaban J connectivity index is 2.20. The monoisotopic (exact) mass is 235 g/mol. The van der Waals surface area contributed by atoms with E-state index < -0.39 is 0 Å². The summed E-state index contributed by atoms with van der Waals surface area (Å²) >= 11 is 0. The van der Waals surface area contributed by atoms with E-state index in [4.69, 9.17) is 10.9 Å². The second-order valence-electron chi connectivity index (χ2n) is 3.81. The molecule has 1 amide bonds. The van der Waals surface area contributed by atoms with Crippen LogP contribution in [0.4, 0.5) is 0 Å². The van der Waals surface area contributed by atoms with E-state index in [1.54, 1.807) is 11.0 Å². The first-order valence-electron chi connectivity index (χ1n) is 5.29. The highest BCUT2D eigenvalue weighted by atomic mass is 16.4. The lowest BCUT2D eigenvalue weighted by Gasteiger charge is -2.23. The largest absolute Gasteiger partial charge is 0.409 e. The van der Waals surface area contributed by atoms with Crippen molar-refractivity contribution in [3.8, 4) is 0 Å². The first-order valence-corrected chi connectivity index (χ1v) is 5.29. The van der Waals surface area contributed by atoms with Crippen molar-refractivity contribution in [2.24, 2.45) is 10.9 Å². The molecule has 1 aliphatic heterocycles. The van der Waals surface area contributed by atoms with Crippen LogP contribution in [0.2, 0.25) is 0 Å². The number of aromatic nitrogens is 2. The molecule has 1 unspecified atom stereocenters. The number of carbonyl (C=O) groups is 1. The van der Waals surface area contributed by atoms with Gasteiger partial charge in [0.25, 0.3) is 5.91 Å². The van der Waals surface area contributed by atoms with Crippen LogP contribution in [0.15, 0.2) is 23.6 Å². The number of hydrogen-bond acceptors (Lipinski definition) is 5. The number of amidine groups is 1. The van der Waals surface area contributed by atoms with E-state index in [-0.39, 0.29) is 17.8 Å². The minimum atomic E-state index is -0.333. The van der Waals surface area contributed by atoms with E-state index in [0.29, 0.717) is 18.5 Å². The summed E-state index contributed by atoms with van der Waals surface area (Å²) in [5.74, 6) is -0.105. The summed E-state index contributed by atoms with van der Waals surface area (Å²) in [6.45, 7) is 0.599. The van der Waals surface area contributed by atoms with E-state index in [1.807, 2.05) is 0 Å². The number of likely N-dealkylation sites (tertiary alicyclic amines) is 1. The number of hydrogen-bond donors (Lipinski definition) is 2. The summed E-state index contributed by atoms with van der Waals surface area (Å²) in [6, 6.07) is 1.26. The lowest BCUT2D eigenvalue weighted by atomic mass is 10.2. The molecule has 0 saturated carbocycles. The van der Waals surface area contributed by atoms with Gasteiger partial charge in [-0.3, -0.25) is 4.79 Å². The van der Waals surface area contributed by atoms with Gasteiger partial charge < -0.3 is 15.8 Å². The molecule has 0 aromatic carbocycles. The van der Waals surface area contributed by atoms with Crippen LogP contribution in [0, 0.1) is 0 Å². The molecule has 7 nitrogen and oxygen atoms in total. The van der Waals surface area contributed by atoms with E-state index in [9.17, 15) is 4.79 Å². The van der Waals surface area contributed by atoms with Crippen LogP contribution >= 0.6 is 0 Å². The predicted molar refractivity (Wildman–Crippen MR) is 59.5 cm³/mol. The van der Waals surface area contributed by atoms with Gasteiger partial charge in [0.2, 0.25) is 0 Å². The molecule has 2 rings (SSSR count). The topological polar surface area (TPSA) is 105 Å². The van der Waals surface area contributed by atoms with Crippen molar-refractivity contribution in [2.75, 3.05) is 6.54 Å². The second-order valence-corrected chi connectivity index (χ2v) is 3.81. The van der Waals surface area contributed by atoms with Gasteiger partial charge in [-0.1, -0.05) is 5.16 Å². The Bertz CT molecular complexity index is 434. The lowest BCUT2D eigenvalue weighted by Crippen LogP contribution is -2.43. The third-order valence-corrected chi connectivity index (χ3v) is 2.80. The Labute approximate surface area is 97.9 Å². The molecule has 1 aromatic heterocycles. The maximum Gasteiger partial charge on any atom is 0.256 e. The molecule has 0 radical (unpaired) electrons. The van der Waals surface area contributed by atoms with E-state index in [1.165, 1.54) is 12.4 Å². The zero-order chi connectivity index (χ0) is 12.3. The van der Waals surface area contributed by atoms with Crippen LogP contribution in [0.5, 0.6) is 0 Å². The van der Waals surface area contributed by atoms with Crippen LogP contribution in [0.1, 0.15) is 23.2 Å². The van der Waals surface area contributed by atoms with Gasteiger partial charge in [-0.05, 0) is 18.9 Å². The third-order valence-electron chi connectivity index (χ3n) is 2.80. The molecule has 7 heteroatoms. The zero-order valence-electron chi connectivity index (χ0n) is 9.15. The average Bonchev–Trinajstić information content (AvgIpc) is 2.87. The Morgan fingerprint density at radius 1 is 1.59 bits per heavy atom. The van der Waals surface area contributed by atoms with Crippen molar-refractivity contribution in [1.29, 1.82) is 0 Å². The lowest BCUT2D eigenvalue weighted by molar-refractivity contribution is 0.0767. The van der Waals surface area contributed by atoms with Crippen molar-refractivity contribution in [1.82, 2.24) is 15.1 Å². The predicted octanol–water partition coefficient (Wildman–Crippen LogP) is -0.172. The fourth-order valence-corrected chi connectivity index (χ4v) is 1.97. The standard InChI is InChI=1S/C10H13N5O2/c11-9(14-17)8-2-1-5-15(8)10(16)7-3-4-12-13-6-7/h3-4,6,8,17H,1-2,5H2,(H2,11,14). The van der Waals surface area contributed by atoms with Gasteiger partial charge in [-0.15, -0.1) is 0 Å². The number of nitrogens with two attached hydrogens (primary N) is 1. The number of oxime groups is 1. The van der Waals surface area contributed by atoms with Crippen LogP contribution in [-0.4, -0.2) is 44.6 Å². The summed E-state index contributed by atoms with van der Waals surface area (Å²) in [5.41, 5.74) is 6.02. The summed E-state index contributed by atoms with van der Waals surface area (Å²) < 4.78 is 0. The summed E-state index contributed by atoms with van der Waals surface area (Å²) in [5, 5.41) is 18.9. The number of rotatable bonds is 2. The van der Waals surface area contributed by atoms with Crippen LogP contribution in [0.25, 0.3) is 0 Å². The third kappa shape index (κ3) is 2.17. The average molecular weight is 235 g/mol. The zero-order valence-corrected chi connectivity index (χ0v) is 9.15. The Morgan fingerprint density at radius 2 is 2.41 bits per heavy atom. The van der Waals surface area contributed by atoms with Gasteiger partial charge in [0.1, 0.15) is 0 Å². The van der Waals surface area contributed by atoms with Gasteiger partial charge >= 0.3 is 0 Å². The molecule has 1 aromatic rings. The van der Waals surface area contributed by atoms with E-state index in [2.05, 4.69) is 15.4 Å². The first kappa shape index (κ1) is 11.3. The van der Waals surface area contributed by atoms with Gasteiger partial charge in [0, 0.05) is 6.54 Å². The maximum absolute atomic E-state index is 12.1.